The Labute approximate surface area is 137 Å². The van der Waals surface area contributed by atoms with Crippen molar-refractivity contribution in [3.8, 4) is 11.6 Å². The Kier molecular flexibility index (Phi) is 2.82. The summed E-state index contributed by atoms with van der Waals surface area (Å²) in [5, 5.41) is 0.970. The highest BCUT2D eigenvalue weighted by atomic mass is 16.4. The Bertz CT molecular complexity index is 1130. The molecule has 1 aromatic carbocycles. The third kappa shape index (κ3) is 1.98. The standard InChI is InChI=1S/C19H14N2O3/c22-19-12-6-2-1-5-11(12)13-9-15-17(10-16(13)24-19)23-18(21-15)14-7-3-4-8-20-14/h3-4,7-10H,1-2,5-6H2. The van der Waals surface area contributed by atoms with Crippen molar-refractivity contribution in [2.24, 2.45) is 0 Å². The second kappa shape index (κ2) is 5.03. The molecule has 0 fully saturated rings. The molecule has 0 saturated heterocycles. The maximum absolute atomic E-state index is 12.2. The zero-order valence-electron chi connectivity index (χ0n) is 12.9. The Morgan fingerprint density at radius 1 is 0.958 bits per heavy atom. The van der Waals surface area contributed by atoms with Gasteiger partial charge in [-0.2, -0.15) is 0 Å². The molecule has 24 heavy (non-hydrogen) atoms. The van der Waals surface area contributed by atoms with Gasteiger partial charge in [0.15, 0.2) is 5.58 Å². The van der Waals surface area contributed by atoms with E-state index in [1.54, 1.807) is 12.3 Å². The van der Waals surface area contributed by atoms with Crippen molar-refractivity contribution in [2.45, 2.75) is 25.7 Å². The van der Waals surface area contributed by atoms with Crippen LogP contribution >= 0.6 is 0 Å². The normalized spacial score (nSPS) is 14.2. The smallest absolute Gasteiger partial charge is 0.339 e. The Morgan fingerprint density at radius 2 is 1.83 bits per heavy atom. The van der Waals surface area contributed by atoms with Gasteiger partial charge in [-0.1, -0.05) is 6.07 Å². The number of aromatic nitrogens is 2. The van der Waals surface area contributed by atoms with Gasteiger partial charge in [0.05, 0.1) is 0 Å². The molecule has 0 unspecified atom stereocenters. The molecule has 0 spiro atoms. The zero-order chi connectivity index (χ0) is 16.1. The zero-order valence-corrected chi connectivity index (χ0v) is 12.9. The van der Waals surface area contributed by atoms with Crippen molar-refractivity contribution in [3.05, 3.63) is 58.1 Å². The number of oxazole rings is 1. The molecule has 1 aliphatic rings. The average molecular weight is 318 g/mol. The highest BCUT2D eigenvalue weighted by molar-refractivity contribution is 5.94. The lowest BCUT2D eigenvalue weighted by molar-refractivity contribution is 0.533. The van der Waals surface area contributed by atoms with Crippen LogP contribution in [0.3, 0.4) is 0 Å². The van der Waals surface area contributed by atoms with E-state index in [0.29, 0.717) is 22.8 Å². The van der Waals surface area contributed by atoms with Crippen molar-refractivity contribution in [1.82, 2.24) is 9.97 Å². The van der Waals surface area contributed by atoms with Gasteiger partial charge in [-0.3, -0.25) is 4.98 Å². The minimum Gasteiger partial charge on any atom is -0.435 e. The molecule has 0 atom stereocenters. The SMILES string of the molecule is O=c1oc2cc3oc(-c4ccccn4)nc3cc2c2c1CCCC2. The van der Waals surface area contributed by atoms with Crippen LogP contribution in [0.1, 0.15) is 24.0 Å². The molecule has 0 N–H and O–H groups in total. The van der Waals surface area contributed by atoms with Crippen LogP contribution in [-0.2, 0) is 12.8 Å². The summed E-state index contributed by atoms with van der Waals surface area (Å²) >= 11 is 0. The Hall–Kier alpha value is -2.95. The molecule has 0 radical (unpaired) electrons. The quantitative estimate of drug-likeness (QED) is 0.498. The fraction of sp³-hybridized carbons (Fsp3) is 0.211. The number of benzene rings is 1. The summed E-state index contributed by atoms with van der Waals surface area (Å²) in [5.41, 5.74) is 4.31. The molecule has 3 heterocycles. The number of nitrogens with zero attached hydrogens (tertiary/aromatic N) is 2. The van der Waals surface area contributed by atoms with E-state index < -0.39 is 0 Å². The molecular weight excluding hydrogens is 304 g/mol. The Morgan fingerprint density at radius 3 is 2.67 bits per heavy atom. The number of hydrogen-bond donors (Lipinski definition) is 0. The van der Waals surface area contributed by atoms with E-state index in [-0.39, 0.29) is 5.63 Å². The van der Waals surface area contributed by atoms with Crippen molar-refractivity contribution in [3.63, 3.8) is 0 Å². The van der Waals surface area contributed by atoms with Gasteiger partial charge in [0.1, 0.15) is 16.8 Å². The molecule has 3 aromatic heterocycles. The van der Waals surface area contributed by atoms with E-state index in [1.165, 1.54) is 0 Å². The summed E-state index contributed by atoms with van der Waals surface area (Å²) in [6.45, 7) is 0. The fourth-order valence-electron chi connectivity index (χ4n) is 3.46. The monoisotopic (exact) mass is 318 g/mol. The molecule has 5 rings (SSSR count). The molecule has 4 aromatic rings. The molecule has 1 aliphatic carbocycles. The number of rotatable bonds is 1. The van der Waals surface area contributed by atoms with Gasteiger partial charge in [0.25, 0.3) is 0 Å². The van der Waals surface area contributed by atoms with Gasteiger partial charge in [-0.25, -0.2) is 9.78 Å². The lowest BCUT2D eigenvalue weighted by Crippen LogP contribution is -2.15. The number of hydrogen-bond acceptors (Lipinski definition) is 5. The van der Waals surface area contributed by atoms with Crippen LogP contribution in [0.25, 0.3) is 33.7 Å². The van der Waals surface area contributed by atoms with E-state index in [9.17, 15) is 4.79 Å². The first-order chi connectivity index (χ1) is 11.8. The molecule has 118 valence electrons. The third-order valence-corrected chi connectivity index (χ3v) is 4.62. The summed E-state index contributed by atoms with van der Waals surface area (Å²) in [6.07, 6.45) is 5.55. The summed E-state index contributed by atoms with van der Waals surface area (Å²) in [6, 6.07) is 9.32. The van der Waals surface area contributed by atoms with Crippen molar-refractivity contribution in [2.75, 3.05) is 0 Å². The maximum Gasteiger partial charge on any atom is 0.339 e. The van der Waals surface area contributed by atoms with Gasteiger partial charge >= 0.3 is 5.63 Å². The molecule has 0 bridgehead atoms. The van der Waals surface area contributed by atoms with Crippen molar-refractivity contribution >= 4 is 22.1 Å². The van der Waals surface area contributed by atoms with E-state index in [0.717, 1.165) is 47.7 Å². The lowest BCUT2D eigenvalue weighted by Gasteiger charge is -2.15. The van der Waals surface area contributed by atoms with Crippen LogP contribution in [0.15, 0.2) is 50.2 Å². The van der Waals surface area contributed by atoms with Crippen molar-refractivity contribution in [1.29, 1.82) is 0 Å². The van der Waals surface area contributed by atoms with Crippen molar-refractivity contribution < 1.29 is 8.83 Å². The first-order valence-electron chi connectivity index (χ1n) is 8.10. The maximum atomic E-state index is 12.2. The van der Waals surface area contributed by atoms with Crippen LogP contribution in [0.2, 0.25) is 0 Å². The lowest BCUT2D eigenvalue weighted by atomic mass is 9.90. The predicted octanol–water partition coefficient (Wildman–Crippen LogP) is 3.88. The van der Waals surface area contributed by atoms with Gasteiger partial charge in [-0.15, -0.1) is 0 Å². The second-order valence-electron chi connectivity index (χ2n) is 6.10. The topological polar surface area (TPSA) is 69.1 Å². The molecule has 5 nitrogen and oxygen atoms in total. The second-order valence-corrected chi connectivity index (χ2v) is 6.10. The summed E-state index contributed by atoms with van der Waals surface area (Å²) in [4.78, 5) is 21.0. The van der Waals surface area contributed by atoms with Crippen LogP contribution in [0, 0.1) is 0 Å². The summed E-state index contributed by atoms with van der Waals surface area (Å²) in [7, 11) is 0. The summed E-state index contributed by atoms with van der Waals surface area (Å²) in [5.74, 6) is 0.470. The number of fused-ring (bicyclic) bond motifs is 4. The molecule has 0 amide bonds. The van der Waals surface area contributed by atoms with Gasteiger partial charge in [0, 0.05) is 23.2 Å². The van der Waals surface area contributed by atoms with Gasteiger partial charge in [-0.05, 0) is 49.4 Å². The largest absolute Gasteiger partial charge is 0.435 e. The minimum atomic E-state index is -0.221. The first kappa shape index (κ1) is 13.5. The Balaban J connectivity index is 1.79. The molecule has 5 heteroatoms. The molecule has 0 saturated carbocycles. The predicted molar refractivity (Wildman–Crippen MR) is 89.9 cm³/mol. The third-order valence-electron chi connectivity index (χ3n) is 4.62. The first-order valence-corrected chi connectivity index (χ1v) is 8.10. The van der Waals surface area contributed by atoms with Crippen LogP contribution in [-0.4, -0.2) is 9.97 Å². The van der Waals surface area contributed by atoms with E-state index in [1.807, 2.05) is 24.3 Å². The molecular formula is C19H14N2O3. The fourth-order valence-corrected chi connectivity index (χ4v) is 3.46. The van der Waals surface area contributed by atoms with Gasteiger partial charge < -0.3 is 8.83 Å². The van der Waals surface area contributed by atoms with E-state index in [2.05, 4.69) is 9.97 Å². The number of pyridine rings is 1. The van der Waals surface area contributed by atoms with Gasteiger partial charge in [0.2, 0.25) is 5.89 Å². The van der Waals surface area contributed by atoms with Crippen LogP contribution in [0.4, 0.5) is 0 Å². The highest BCUT2D eigenvalue weighted by Gasteiger charge is 2.20. The summed E-state index contributed by atoms with van der Waals surface area (Å²) < 4.78 is 11.3. The number of aryl methyl sites for hydroxylation is 1. The average Bonchev–Trinajstić information content (AvgIpc) is 3.04. The molecule has 0 aliphatic heterocycles. The van der Waals surface area contributed by atoms with Crippen LogP contribution in [0.5, 0.6) is 0 Å². The van der Waals surface area contributed by atoms with Crippen LogP contribution < -0.4 is 5.63 Å². The highest BCUT2D eigenvalue weighted by Crippen LogP contribution is 2.31. The van der Waals surface area contributed by atoms with E-state index >= 15 is 0 Å². The van der Waals surface area contributed by atoms with E-state index in [4.69, 9.17) is 8.83 Å². The minimum absolute atomic E-state index is 0.221.